The number of amides is 1. The van der Waals surface area contributed by atoms with Crippen molar-refractivity contribution in [2.75, 3.05) is 25.2 Å². The SMILES string of the molecule is COc1cc(N2CCOc3cc(-c4ccc(Cl)cc4)ncc3C2=O)ccc1O. The second kappa shape index (κ2) is 7.40. The Morgan fingerprint density at radius 2 is 1.96 bits per heavy atom. The number of halogens is 1. The van der Waals surface area contributed by atoms with Gasteiger partial charge in [-0.25, -0.2) is 0 Å². The number of benzene rings is 2. The van der Waals surface area contributed by atoms with Crippen LogP contribution in [0.25, 0.3) is 11.3 Å². The van der Waals surface area contributed by atoms with Crippen LogP contribution < -0.4 is 14.4 Å². The molecule has 4 rings (SSSR count). The Bertz CT molecular complexity index is 1040. The molecule has 1 aliphatic heterocycles. The zero-order valence-corrected chi connectivity index (χ0v) is 15.8. The average Bonchev–Trinajstić information content (AvgIpc) is 2.87. The number of anilines is 1. The minimum atomic E-state index is -0.226. The van der Waals surface area contributed by atoms with E-state index in [4.69, 9.17) is 21.1 Å². The van der Waals surface area contributed by atoms with Gasteiger partial charge in [0.15, 0.2) is 11.5 Å². The normalized spacial score (nSPS) is 13.5. The maximum absolute atomic E-state index is 13.1. The van der Waals surface area contributed by atoms with Gasteiger partial charge in [-0.3, -0.25) is 9.78 Å². The van der Waals surface area contributed by atoms with E-state index in [0.29, 0.717) is 46.6 Å². The number of hydrogen-bond donors (Lipinski definition) is 1. The number of methoxy groups -OCH3 is 1. The summed E-state index contributed by atoms with van der Waals surface area (Å²) in [7, 11) is 1.46. The average molecular weight is 397 g/mol. The molecule has 0 radical (unpaired) electrons. The smallest absolute Gasteiger partial charge is 0.263 e. The molecule has 0 bridgehead atoms. The van der Waals surface area contributed by atoms with Crippen LogP contribution in [0.1, 0.15) is 10.4 Å². The molecule has 2 aromatic carbocycles. The molecule has 0 spiro atoms. The van der Waals surface area contributed by atoms with E-state index >= 15 is 0 Å². The molecule has 0 fully saturated rings. The third-order valence-corrected chi connectivity index (χ3v) is 4.78. The monoisotopic (exact) mass is 396 g/mol. The van der Waals surface area contributed by atoms with Crippen molar-refractivity contribution in [1.29, 1.82) is 0 Å². The van der Waals surface area contributed by atoms with Crippen molar-refractivity contribution in [3.63, 3.8) is 0 Å². The lowest BCUT2D eigenvalue weighted by Crippen LogP contribution is -2.32. The van der Waals surface area contributed by atoms with Crippen molar-refractivity contribution >= 4 is 23.2 Å². The molecule has 1 aliphatic rings. The summed E-state index contributed by atoms with van der Waals surface area (Å²) in [5.74, 6) is 0.569. The van der Waals surface area contributed by atoms with Crippen molar-refractivity contribution in [2.45, 2.75) is 0 Å². The number of carbonyl (C=O) groups is 1. The van der Waals surface area contributed by atoms with Gasteiger partial charge in [0.2, 0.25) is 0 Å². The Labute approximate surface area is 166 Å². The van der Waals surface area contributed by atoms with Gasteiger partial charge in [0.05, 0.1) is 19.3 Å². The zero-order valence-electron chi connectivity index (χ0n) is 15.1. The zero-order chi connectivity index (χ0) is 19.7. The van der Waals surface area contributed by atoms with Crippen LogP contribution in [0.2, 0.25) is 5.02 Å². The van der Waals surface area contributed by atoms with Crippen molar-refractivity contribution in [3.8, 4) is 28.5 Å². The number of phenolic OH excluding ortho intramolecular Hbond substituents is 1. The molecule has 1 N–H and O–H groups in total. The van der Waals surface area contributed by atoms with Crippen molar-refractivity contribution in [1.82, 2.24) is 4.98 Å². The number of pyridine rings is 1. The number of nitrogens with zero attached hydrogens (tertiary/aromatic N) is 2. The summed E-state index contributed by atoms with van der Waals surface area (Å²) in [4.78, 5) is 19.1. The van der Waals surface area contributed by atoms with Crippen LogP contribution in [0, 0.1) is 0 Å². The summed E-state index contributed by atoms with van der Waals surface area (Å²) < 4.78 is 11.0. The Morgan fingerprint density at radius 3 is 2.71 bits per heavy atom. The maximum Gasteiger partial charge on any atom is 0.263 e. The highest BCUT2D eigenvalue weighted by Gasteiger charge is 2.26. The molecule has 0 saturated carbocycles. The Balaban J connectivity index is 1.69. The summed E-state index contributed by atoms with van der Waals surface area (Å²) in [6.07, 6.45) is 1.53. The van der Waals surface area contributed by atoms with Crippen LogP contribution in [0.15, 0.2) is 54.7 Å². The van der Waals surface area contributed by atoms with Gasteiger partial charge in [-0.2, -0.15) is 0 Å². The van der Waals surface area contributed by atoms with Gasteiger partial charge in [-0.15, -0.1) is 0 Å². The highest BCUT2D eigenvalue weighted by Crippen LogP contribution is 2.34. The van der Waals surface area contributed by atoms with Gasteiger partial charge < -0.3 is 19.5 Å². The maximum atomic E-state index is 13.1. The molecule has 3 aromatic rings. The number of fused-ring (bicyclic) bond motifs is 1. The van der Waals surface area contributed by atoms with Crippen LogP contribution >= 0.6 is 11.6 Å². The molecule has 0 saturated heterocycles. The van der Waals surface area contributed by atoms with Gasteiger partial charge >= 0.3 is 0 Å². The molecule has 28 heavy (non-hydrogen) atoms. The third kappa shape index (κ3) is 3.34. The number of rotatable bonds is 3. The summed E-state index contributed by atoms with van der Waals surface area (Å²) in [5, 5.41) is 10.4. The Kier molecular flexibility index (Phi) is 4.79. The highest BCUT2D eigenvalue weighted by molar-refractivity contribution is 6.30. The van der Waals surface area contributed by atoms with E-state index in [0.717, 1.165) is 5.56 Å². The first-order valence-corrected chi connectivity index (χ1v) is 9.02. The van der Waals surface area contributed by atoms with Gasteiger partial charge in [-0.05, 0) is 24.3 Å². The largest absolute Gasteiger partial charge is 0.504 e. The van der Waals surface area contributed by atoms with Crippen molar-refractivity contribution < 1.29 is 19.4 Å². The van der Waals surface area contributed by atoms with Crippen LogP contribution in [-0.2, 0) is 0 Å². The molecular weight excluding hydrogens is 380 g/mol. The van der Waals surface area contributed by atoms with E-state index in [1.165, 1.54) is 19.4 Å². The number of carbonyl (C=O) groups excluding carboxylic acids is 1. The van der Waals surface area contributed by atoms with Gasteiger partial charge in [0, 0.05) is 34.6 Å². The number of aromatic hydroxyl groups is 1. The molecule has 0 aliphatic carbocycles. The van der Waals surface area contributed by atoms with E-state index in [9.17, 15) is 9.90 Å². The summed E-state index contributed by atoms with van der Waals surface area (Å²) in [6, 6.07) is 13.8. The first-order chi connectivity index (χ1) is 13.6. The predicted octanol–water partition coefficient (Wildman–Crippen LogP) is 4.16. The number of phenols is 1. The van der Waals surface area contributed by atoms with E-state index in [1.807, 2.05) is 12.1 Å². The lowest BCUT2D eigenvalue weighted by Gasteiger charge is -2.20. The molecule has 0 atom stereocenters. The van der Waals surface area contributed by atoms with Crippen molar-refractivity contribution in [2.24, 2.45) is 0 Å². The number of aromatic nitrogens is 1. The van der Waals surface area contributed by atoms with E-state index in [-0.39, 0.29) is 11.7 Å². The molecule has 2 heterocycles. The van der Waals surface area contributed by atoms with Gasteiger partial charge in [0.1, 0.15) is 17.9 Å². The molecule has 1 aromatic heterocycles. The van der Waals surface area contributed by atoms with Gasteiger partial charge in [0.25, 0.3) is 5.91 Å². The van der Waals surface area contributed by atoms with E-state index < -0.39 is 0 Å². The molecule has 142 valence electrons. The quantitative estimate of drug-likeness (QED) is 0.719. The standard InChI is InChI=1S/C21H17ClN2O4/c1-27-20-10-15(6-7-18(20)25)24-8-9-28-19-11-17(23-12-16(19)21(24)26)13-2-4-14(22)5-3-13/h2-7,10-12,25H,8-9H2,1H3. The number of ether oxygens (including phenoxy) is 2. The third-order valence-electron chi connectivity index (χ3n) is 4.53. The van der Waals surface area contributed by atoms with Crippen molar-refractivity contribution in [3.05, 3.63) is 65.3 Å². The lowest BCUT2D eigenvalue weighted by molar-refractivity contribution is 0.0989. The number of hydrogen-bond acceptors (Lipinski definition) is 5. The molecular formula is C21H17ClN2O4. The van der Waals surface area contributed by atoms with Gasteiger partial charge in [-0.1, -0.05) is 23.7 Å². The molecule has 0 unspecified atom stereocenters. The summed E-state index contributed by atoms with van der Waals surface area (Å²) in [6.45, 7) is 0.684. The Morgan fingerprint density at radius 1 is 1.18 bits per heavy atom. The van der Waals surface area contributed by atoms with E-state index in [1.54, 1.807) is 35.2 Å². The second-order valence-electron chi connectivity index (χ2n) is 6.23. The van der Waals surface area contributed by atoms with E-state index in [2.05, 4.69) is 4.98 Å². The fraction of sp³-hybridized carbons (Fsp3) is 0.143. The van der Waals surface area contributed by atoms with Crippen LogP contribution in [0.5, 0.6) is 17.2 Å². The lowest BCUT2D eigenvalue weighted by atomic mass is 10.1. The summed E-state index contributed by atoms with van der Waals surface area (Å²) >= 11 is 5.94. The minimum Gasteiger partial charge on any atom is -0.504 e. The fourth-order valence-electron chi connectivity index (χ4n) is 3.07. The molecule has 7 heteroatoms. The van der Waals surface area contributed by atoms with Crippen LogP contribution in [0.3, 0.4) is 0 Å². The summed E-state index contributed by atoms with van der Waals surface area (Å²) in [5.41, 5.74) is 2.57. The fourth-order valence-corrected chi connectivity index (χ4v) is 3.20. The van der Waals surface area contributed by atoms with Crippen LogP contribution in [0.4, 0.5) is 5.69 Å². The first kappa shape index (κ1) is 18.1. The topological polar surface area (TPSA) is 71.9 Å². The molecule has 6 nitrogen and oxygen atoms in total. The Hall–Kier alpha value is -3.25. The molecule has 1 amide bonds. The first-order valence-electron chi connectivity index (χ1n) is 8.64. The van der Waals surface area contributed by atoms with Crippen LogP contribution in [-0.4, -0.2) is 36.3 Å². The minimum absolute atomic E-state index is 0.0134. The second-order valence-corrected chi connectivity index (χ2v) is 6.67. The highest BCUT2D eigenvalue weighted by atomic mass is 35.5. The predicted molar refractivity (Wildman–Crippen MR) is 107 cm³/mol.